The van der Waals surface area contributed by atoms with Gasteiger partial charge < -0.3 is 9.88 Å². The average Bonchev–Trinajstić information content (AvgIpc) is 2.88. The fourth-order valence-electron chi connectivity index (χ4n) is 1.89. The highest BCUT2D eigenvalue weighted by atomic mass is 16.1. The van der Waals surface area contributed by atoms with E-state index in [2.05, 4.69) is 17.2 Å². The molecular formula is C15H19N3O. The van der Waals surface area contributed by atoms with Gasteiger partial charge in [0.25, 0.3) is 5.91 Å². The molecular weight excluding hydrogens is 238 g/mol. The van der Waals surface area contributed by atoms with Gasteiger partial charge in [0.2, 0.25) is 0 Å². The molecule has 0 spiro atoms. The predicted molar refractivity (Wildman–Crippen MR) is 75.0 cm³/mol. The Labute approximate surface area is 113 Å². The standard InChI is InChI=1S/C15H19N3O/c1-2-3-9-17-15(19)14-10-16-12-18(14)11-13-7-5-4-6-8-13/h4-8,10,12H,2-3,9,11H2,1H3,(H,17,19). The van der Waals surface area contributed by atoms with E-state index in [0.717, 1.165) is 18.4 Å². The summed E-state index contributed by atoms with van der Waals surface area (Å²) in [7, 11) is 0. The Hall–Kier alpha value is -2.10. The molecule has 0 atom stereocenters. The Morgan fingerprint density at radius 1 is 1.32 bits per heavy atom. The third-order valence-corrected chi connectivity index (χ3v) is 2.96. The van der Waals surface area contributed by atoms with E-state index in [1.165, 1.54) is 0 Å². The van der Waals surface area contributed by atoms with Gasteiger partial charge in [0.05, 0.1) is 12.5 Å². The zero-order chi connectivity index (χ0) is 13.5. The molecule has 0 saturated heterocycles. The highest BCUT2D eigenvalue weighted by Gasteiger charge is 2.11. The van der Waals surface area contributed by atoms with Gasteiger partial charge in [-0.05, 0) is 12.0 Å². The van der Waals surface area contributed by atoms with E-state index in [1.807, 2.05) is 34.9 Å². The van der Waals surface area contributed by atoms with E-state index in [4.69, 9.17) is 0 Å². The van der Waals surface area contributed by atoms with Crippen LogP contribution in [0.1, 0.15) is 35.8 Å². The number of unbranched alkanes of at least 4 members (excludes halogenated alkanes) is 1. The number of hydrogen-bond acceptors (Lipinski definition) is 2. The molecule has 1 heterocycles. The van der Waals surface area contributed by atoms with Crippen molar-refractivity contribution in [1.82, 2.24) is 14.9 Å². The van der Waals surface area contributed by atoms with E-state index in [9.17, 15) is 4.79 Å². The van der Waals surface area contributed by atoms with Gasteiger partial charge in [-0.25, -0.2) is 4.98 Å². The molecule has 1 aromatic carbocycles. The lowest BCUT2D eigenvalue weighted by molar-refractivity contribution is 0.0944. The fourth-order valence-corrected chi connectivity index (χ4v) is 1.89. The highest BCUT2D eigenvalue weighted by molar-refractivity contribution is 5.92. The van der Waals surface area contributed by atoms with E-state index in [1.54, 1.807) is 12.5 Å². The quantitative estimate of drug-likeness (QED) is 0.808. The van der Waals surface area contributed by atoms with Crippen molar-refractivity contribution in [3.05, 3.63) is 54.1 Å². The van der Waals surface area contributed by atoms with Crippen LogP contribution in [0.4, 0.5) is 0 Å². The first-order valence-corrected chi connectivity index (χ1v) is 6.63. The van der Waals surface area contributed by atoms with Crippen LogP contribution in [0, 0.1) is 0 Å². The van der Waals surface area contributed by atoms with Crippen molar-refractivity contribution in [3.8, 4) is 0 Å². The summed E-state index contributed by atoms with van der Waals surface area (Å²) in [5.74, 6) is -0.0538. The van der Waals surface area contributed by atoms with Gasteiger partial charge >= 0.3 is 0 Å². The third kappa shape index (κ3) is 3.68. The largest absolute Gasteiger partial charge is 0.351 e. The van der Waals surface area contributed by atoms with Gasteiger partial charge in [0.15, 0.2) is 0 Å². The maximum atomic E-state index is 12.0. The second-order valence-electron chi connectivity index (χ2n) is 4.50. The number of carbonyl (C=O) groups excluding carboxylic acids is 1. The Morgan fingerprint density at radius 3 is 2.84 bits per heavy atom. The summed E-state index contributed by atoms with van der Waals surface area (Å²) in [6, 6.07) is 10.0. The van der Waals surface area contributed by atoms with Crippen molar-refractivity contribution in [3.63, 3.8) is 0 Å². The molecule has 0 radical (unpaired) electrons. The predicted octanol–water partition coefficient (Wildman–Crippen LogP) is 2.46. The number of benzene rings is 1. The second kappa shape index (κ2) is 6.73. The molecule has 4 heteroatoms. The topological polar surface area (TPSA) is 46.9 Å². The number of rotatable bonds is 6. The number of aromatic nitrogens is 2. The number of imidazole rings is 1. The summed E-state index contributed by atoms with van der Waals surface area (Å²) < 4.78 is 1.87. The zero-order valence-corrected chi connectivity index (χ0v) is 11.2. The first-order chi connectivity index (χ1) is 9.31. The number of carbonyl (C=O) groups is 1. The van der Waals surface area contributed by atoms with Crippen LogP contribution in [0.25, 0.3) is 0 Å². The van der Waals surface area contributed by atoms with Crippen LogP contribution in [-0.4, -0.2) is 22.0 Å². The van der Waals surface area contributed by atoms with Crippen LogP contribution < -0.4 is 5.32 Å². The fraction of sp³-hybridized carbons (Fsp3) is 0.333. The molecule has 19 heavy (non-hydrogen) atoms. The van der Waals surface area contributed by atoms with Crippen molar-refractivity contribution in [1.29, 1.82) is 0 Å². The summed E-state index contributed by atoms with van der Waals surface area (Å²) in [5, 5.41) is 2.91. The second-order valence-corrected chi connectivity index (χ2v) is 4.50. The molecule has 1 N–H and O–H groups in total. The lowest BCUT2D eigenvalue weighted by Gasteiger charge is -2.08. The van der Waals surface area contributed by atoms with Crippen molar-refractivity contribution in [2.24, 2.45) is 0 Å². The Morgan fingerprint density at radius 2 is 2.11 bits per heavy atom. The molecule has 2 rings (SSSR count). The Balaban J connectivity index is 2.03. The molecule has 0 saturated carbocycles. The Bertz CT molecular complexity index is 519. The lowest BCUT2D eigenvalue weighted by Crippen LogP contribution is -2.26. The summed E-state index contributed by atoms with van der Waals surface area (Å²) in [5.41, 5.74) is 1.77. The van der Waals surface area contributed by atoms with Gasteiger partial charge in [-0.15, -0.1) is 0 Å². The van der Waals surface area contributed by atoms with Crippen LogP contribution in [-0.2, 0) is 6.54 Å². The first kappa shape index (κ1) is 13.3. The molecule has 0 fully saturated rings. The van der Waals surface area contributed by atoms with E-state index in [0.29, 0.717) is 18.8 Å². The number of nitrogens with one attached hydrogen (secondary N) is 1. The molecule has 2 aromatic rings. The van der Waals surface area contributed by atoms with Crippen molar-refractivity contribution in [2.75, 3.05) is 6.54 Å². The van der Waals surface area contributed by atoms with Gasteiger partial charge in [0, 0.05) is 13.1 Å². The smallest absolute Gasteiger partial charge is 0.269 e. The maximum Gasteiger partial charge on any atom is 0.269 e. The summed E-state index contributed by atoms with van der Waals surface area (Å²) >= 11 is 0. The van der Waals surface area contributed by atoms with Gasteiger partial charge in [-0.3, -0.25) is 4.79 Å². The molecule has 4 nitrogen and oxygen atoms in total. The third-order valence-electron chi connectivity index (χ3n) is 2.96. The monoisotopic (exact) mass is 257 g/mol. The number of nitrogens with zero attached hydrogens (tertiary/aromatic N) is 2. The molecule has 100 valence electrons. The normalized spacial score (nSPS) is 10.4. The molecule has 0 aliphatic carbocycles. The van der Waals surface area contributed by atoms with Crippen molar-refractivity contribution in [2.45, 2.75) is 26.3 Å². The lowest BCUT2D eigenvalue weighted by atomic mass is 10.2. The van der Waals surface area contributed by atoms with Crippen molar-refractivity contribution < 1.29 is 4.79 Å². The minimum absolute atomic E-state index is 0.0538. The zero-order valence-electron chi connectivity index (χ0n) is 11.2. The molecule has 1 aromatic heterocycles. The van der Waals surface area contributed by atoms with Crippen molar-refractivity contribution >= 4 is 5.91 Å². The van der Waals surface area contributed by atoms with Crippen LogP contribution in [0.2, 0.25) is 0 Å². The minimum Gasteiger partial charge on any atom is -0.351 e. The van der Waals surface area contributed by atoms with E-state index < -0.39 is 0 Å². The van der Waals surface area contributed by atoms with Crippen LogP contribution >= 0.6 is 0 Å². The molecule has 0 unspecified atom stereocenters. The summed E-state index contributed by atoms with van der Waals surface area (Å²) in [4.78, 5) is 16.1. The minimum atomic E-state index is -0.0538. The number of hydrogen-bond donors (Lipinski definition) is 1. The molecule has 0 aliphatic heterocycles. The SMILES string of the molecule is CCCCNC(=O)c1cncn1Cc1ccccc1. The molecule has 0 aliphatic rings. The first-order valence-electron chi connectivity index (χ1n) is 6.63. The van der Waals surface area contributed by atoms with E-state index in [-0.39, 0.29) is 5.91 Å². The summed E-state index contributed by atoms with van der Waals surface area (Å²) in [6.07, 6.45) is 5.38. The van der Waals surface area contributed by atoms with Crippen LogP contribution in [0.15, 0.2) is 42.9 Å². The van der Waals surface area contributed by atoms with Gasteiger partial charge in [0.1, 0.15) is 5.69 Å². The van der Waals surface area contributed by atoms with Crippen LogP contribution in [0.3, 0.4) is 0 Å². The van der Waals surface area contributed by atoms with Gasteiger partial charge in [-0.2, -0.15) is 0 Å². The molecule has 1 amide bonds. The maximum absolute atomic E-state index is 12.0. The summed E-state index contributed by atoms with van der Waals surface area (Å²) in [6.45, 7) is 3.48. The van der Waals surface area contributed by atoms with E-state index >= 15 is 0 Å². The van der Waals surface area contributed by atoms with Crippen LogP contribution in [0.5, 0.6) is 0 Å². The number of amides is 1. The highest BCUT2D eigenvalue weighted by Crippen LogP contribution is 2.06. The Kier molecular flexibility index (Phi) is 4.72. The molecule has 0 bridgehead atoms. The average molecular weight is 257 g/mol. The van der Waals surface area contributed by atoms with Gasteiger partial charge in [-0.1, -0.05) is 43.7 Å².